The van der Waals surface area contributed by atoms with E-state index in [-0.39, 0.29) is 52.2 Å². The summed E-state index contributed by atoms with van der Waals surface area (Å²) >= 11 is 0. The first-order valence-electron chi connectivity index (χ1n) is 8.59. The van der Waals surface area contributed by atoms with Gasteiger partial charge >= 0.3 is 0 Å². The average Bonchev–Trinajstić information content (AvgIpc) is 2.39. The van der Waals surface area contributed by atoms with Crippen molar-refractivity contribution in [2.45, 2.75) is 65.2 Å². The maximum atomic E-state index is 8.93. The van der Waals surface area contributed by atoms with Gasteiger partial charge in [-0.05, 0) is 51.4 Å². The van der Waals surface area contributed by atoms with Gasteiger partial charge in [0.05, 0.1) is 0 Å². The van der Waals surface area contributed by atoms with Crippen molar-refractivity contribution in [3.63, 3.8) is 0 Å². The Hall–Kier alpha value is 0.127. The Morgan fingerprint density at radius 1 is 0.458 bits per heavy atom. The minimum atomic E-state index is 0. The topological polar surface area (TPSA) is 46.1 Å². The number of hydrogen-bond donors (Lipinski definition) is 0. The molecule has 146 valence electrons. The van der Waals surface area contributed by atoms with E-state index < -0.39 is 0 Å². The van der Waals surface area contributed by atoms with E-state index in [4.69, 9.17) is 10.2 Å². The van der Waals surface area contributed by atoms with E-state index in [0.717, 1.165) is 0 Å². The van der Waals surface area contributed by atoms with E-state index in [1.165, 1.54) is 51.4 Å². The largest absolute Gasteiger partial charge is 0.855 e. The van der Waals surface area contributed by atoms with Gasteiger partial charge in [-0.15, -0.1) is 13.2 Å². The fourth-order valence-electron chi connectivity index (χ4n) is 1.71. The Morgan fingerprint density at radius 3 is 0.625 bits per heavy atom. The zero-order chi connectivity index (χ0) is 16.7. The van der Waals surface area contributed by atoms with Crippen molar-refractivity contribution >= 4 is 0 Å². The molecule has 0 aliphatic heterocycles. The van der Waals surface area contributed by atoms with Crippen molar-refractivity contribution in [2.24, 2.45) is 0 Å². The summed E-state index contributed by atoms with van der Waals surface area (Å²) in [5.41, 5.74) is 0. The van der Waals surface area contributed by atoms with Crippen LogP contribution >= 0.6 is 0 Å². The summed E-state index contributed by atoms with van der Waals surface area (Å²) in [6.07, 6.45) is 28.0. The molecule has 0 saturated carbocycles. The van der Waals surface area contributed by atoms with Crippen LogP contribution in [0.5, 0.6) is 0 Å². The third-order valence-corrected chi connectivity index (χ3v) is 2.67. The van der Waals surface area contributed by atoms with E-state index in [1.54, 1.807) is 13.8 Å². The zero-order valence-electron chi connectivity index (χ0n) is 15.2. The Labute approximate surface area is 175 Å². The van der Waals surface area contributed by atoms with Crippen LogP contribution in [0, 0.1) is 0 Å². The van der Waals surface area contributed by atoms with Crippen molar-refractivity contribution < 1.29 is 49.2 Å². The molecule has 0 aromatic carbocycles. The first-order valence-corrected chi connectivity index (χ1v) is 8.59. The smallest absolute Gasteiger partial charge is 0 e. The van der Waals surface area contributed by atoms with Crippen LogP contribution in [0.1, 0.15) is 65.2 Å². The van der Waals surface area contributed by atoms with Gasteiger partial charge in [-0.25, -0.2) is 0 Å². The van der Waals surface area contributed by atoms with Crippen LogP contribution in [0.3, 0.4) is 0 Å². The van der Waals surface area contributed by atoms with E-state index in [9.17, 15) is 0 Å². The second kappa shape index (κ2) is 34.5. The van der Waals surface area contributed by atoms with E-state index in [0.29, 0.717) is 0 Å². The van der Waals surface area contributed by atoms with Crippen LogP contribution in [-0.2, 0) is 39.0 Å². The Morgan fingerprint density at radius 2 is 0.542 bits per heavy atom. The van der Waals surface area contributed by atoms with Gasteiger partial charge in [0.15, 0.2) is 0 Å². The van der Waals surface area contributed by atoms with E-state index in [1.807, 2.05) is 0 Å². The summed E-state index contributed by atoms with van der Waals surface area (Å²) in [4.78, 5) is 0. The minimum Gasteiger partial charge on any atom is -0.855 e. The van der Waals surface area contributed by atoms with Crippen LogP contribution < -0.4 is 10.2 Å². The van der Waals surface area contributed by atoms with Crippen LogP contribution in [0.25, 0.3) is 0 Å². The molecule has 0 aromatic heterocycles. The first kappa shape index (κ1) is 31.9. The van der Waals surface area contributed by atoms with Gasteiger partial charge < -0.3 is 10.2 Å². The molecule has 24 heavy (non-hydrogen) atoms. The minimum absolute atomic E-state index is 0. The zero-order valence-corrected chi connectivity index (χ0v) is 18.5. The molecule has 4 heteroatoms. The van der Waals surface area contributed by atoms with Crippen LogP contribution in [0.2, 0.25) is 0 Å². The molecule has 0 atom stereocenters. The van der Waals surface area contributed by atoms with Gasteiger partial charge in [0, 0.05) is 39.0 Å². The molecule has 0 unspecified atom stereocenters. The predicted octanol–water partition coefficient (Wildman–Crippen LogP) is 4.07. The van der Waals surface area contributed by atoms with Gasteiger partial charge in [-0.1, -0.05) is 62.5 Å². The average molecular weight is 512 g/mol. The molecular formula is C20H34O2Rh2-2. The fourth-order valence-corrected chi connectivity index (χ4v) is 1.71. The maximum absolute atomic E-state index is 8.93. The number of hydrogen-bond acceptors (Lipinski definition) is 2. The van der Waals surface area contributed by atoms with Crippen molar-refractivity contribution in [1.29, 1.82) is 0 Å². The van der Waals surface area contributed by atoms with Gasteiger partial charge in [0.25, 0.3) is 0 Å². The molecule has 0 aromatic rings. The molecular weight excluding hydrogens is 478 g/mol. The number of allylic oxidation sites excluding steroid dienone is 8. The quantitative estimate of drug-likeness (QED) is 0.363. The standard InChI is InChI=1S/2C8H12.2C2H5O.2Rh/c2*1-2-4-6-8-7-5-3-1;2*1-2-3;;/h2*1-2,7-8H,3-6H2;2*2H2,1H3;;/q;;2*-1;;/b2*2-1-,8-7-;;;;. The Bertz CT molecular complexity index is 216. The summed E-state index contributed by atoms with van der Waals surface area (Å²) in [6.45, 7) is 3.14. The summed E-state index contributed by atoms with van der Waals surface area (Å²) in [5.74, 6) is 0. The van der Waals surface area contributed by atoms with Gasteiger partial charge in [-0.2, -0.15) is 0 Å². The maximum Gasteiger partial charge on any atom is 0 e. The first-order chi connectivity index (χ1) is 10.8. The van der Waals surface area contributed by atoms with Gasteiger partial charge in [0.1, 0.15) is 0 Å². The van der Waals surface area contributed by atoms with E-state index in [2.05, 4.69) is 48.6 Å². The second-order valence-electron chi connectivity index (χ2n) is 4.77. The molecule has 0 bridgehead atoms. The molecule has 2 nitrogen and oxygen atoms in total. The molecule has 0 spiro atoms. The van der Waals surface area contributed by atoms with Crippen molar-refractivity contribution in [1.82, 2.24) is 0 Å². The normalized spacial score (nSPS) is 20.2. The summed E-state index contributed by atoms with van der Waals surface area (Å²) < 4.78 is 0. The van der Waals surface area contributed by atoms with E-state index >= 15 is 0 Å². The molecule has 0 N–H and O–H groups in total. The summed E-state index contributed by atoms with van der Waals surface area (Å²) in [7, 11) is 0. The molecule has 0 saturated heterocycles. The van der Waals surface area contributed by atoms with Crippen LogP contribution in [-0.4, -0.2) is 13.2 Å². The Kier molecular flexibility index (Phi) is 45.7. The molecule has 2 aliphatic carbocycles. The van der Waals surface area contributed by atoms with Gasteiger partial charge in [0.2, 0.25) is 0 Å². The SMILES string of the molecule is C1=C\CC/C=C\CC/1.C1=C\CC/C=C\CC/1.CC[O-].CC[O-].[Rh].[Rh]. The fraction of sp³-hybridized carbons (Fsp3) is 0.600. The molecule has 2 radical (unpaired) electrons. The molecule has 0 amide bonds. The van der Waals surface area contributed by atoms with Crippen molar-refractivity contribution in [2.75, 3.05) is 13.2 Å². The third kappa shape index (κ3) is 38.0. The second-order valence-corrected chi connectivity index (χ2v) is 4.77. The monoisotopic (exact) mass is 512 g/mol. The van der Waals surface area contributed by atoms with Gasteiger partial charge in [-0.3, -0.25) is 0 Å². The molecule has 0 heterocycles. The van der Waals surface area contributed by atoms with Crippen LogP contribution in [0.4, 0.5) is 0 Å². The van der Waals surface area contributed by atoms with Crippen molar-refractivity contribution in [3.8, 4) is 0 Å². The predicted molar refractivity (Wildman–Crippen MR) is 94.6 cm³/mol. The number of rotatable bonds is 0. The van der Waals surface area contributed by atoms with Crippen molar-refractivity contribution in [3.05, 3.63) is 48.6 Å². The molecule has 2 rings (SSSR count). The molecule has 0 fully saturated rings. The summed E-state index contributed by atoms with van der Waals surface area (Å²) in [5, 5.41) is 17.9. The Balaban J connectivity index is -0.000000119. The molecule has 2 aliphatic rings. The summed E-state index contributed by atoms with van der Waals surface area (Å²) in [6, 6.07) is 0. The third-order valence-electron chi connectivity index (χ3n) is 2.67. The van der Waals surface area contributed by atoms with Crippen LogP contribution in [0.15, 0.2) is 48.6 Å².